The van der Waals surface area contributed by atoms with Gasteiger partial charge in [0.25, 0.3) is 10.0 Å². The molecule has 25 heavy (non-hydrogen) atoms. The van der Waals surface area contributed by atoms with Crippen molar-refractivity contribution in [2.24, 2.45) is 0 Å². The third kappa shape index (κ3) is 3.70. The molecule has 1 N–H and O–H groups in total. The van der Waals surface area contributed by atoms with Crippen LogP contribution in [0.1, 0.15) is 11.1 Å². The third-order valence-electron chi connectivity index (χ3n) is 3.97. The van der Waals surface area contributed by atoms with E-state index in [4.69, 9.17) is 11.6 Å². The van der Waals surface area contributed by atoms with Crippen molar-refractivity contribution in [3.63, 3.8) is 0 Å². The second-order valence-corrected chi connectivity index (χ2v) is 7.95. The van der Waals surface area contributed by atoms with Crippen LogP contribution in [0, 0.1) is 13.8 Å². The molecule has 0 saturated heterocycles. The van der Waals surface area contributed by atoms with Crippen molar-refractivity contribution < 1.29 is 8.42 Å². The molecule has 0 spiro atoms. The average Bonchev–Trinajstić information content (AvgIpc) is 2.60. The number of hydrogen-bond acceptors (Lipinski definition) is 2. The first-order valence-corrected chi connectivity index (χ1v) is 9.68. The highest BCUT2D eigenvalue weighted by molar-refractivity contribution is 7.92. The summed E-state index contributed by atoms with van der Waals surface area (Å²) in [5.41, 5.74) is 4.18. The SMILES string of the molecule is Cc1cc(-c2ccccc2NS(=O)(=O)c2ccccc2)cc(C)c1Cl. The number of nitrogens with one attached hydrogen (secondary N) is 1. The predicted octanol–water partition coefficient (Wildman–Crippen LogP) is 5.42. The van der Waals surface area contributed by atoms with Gasteiger partial charge in [0, 0.05) is 10.6 Å². The van der Waals surface area contributed by atoms with E-state index in [0.717, 1.165) is 27.3 Å². The molecule has 3 aromatic rings. The zero-order valence-corrected chi connectivity index (χ0v) is 15.5. The smallest absolute Gasteiger partial charge is 0.261 e. The average molecular weight is 372 g/mol. The largest absolute Gasteiger partial charge is 0.279 e. The van der Waals surface area contributed by atoms with Gasteiger partial charge in [0.1, 0.15) is 0 Å². The van der Waals surface area contributed by atoms with Crippen LogP contribution in [0.5, 0.6) is 0 Å². The molecule has 0 heterocycles. The minimum atomic E-state index is -3.65. The van der Waals surface area contributed by atoms with Gasteiger partial charge in [0.2, 0.25) is 0 Å². The number of halogens is 1. The van der Waals surface area contributed by atoms with Crippen LogP contribution >= 0.6 is 11.6 Å². The summed E-state index contributed by atoms with van der Waals surface area (Å²) in [6.45, 7) is 3.88. The zero-order chi connectivity index (χ0) is 18.0. The number of hydrogen-bond donors (Lipinski definition) is 1. The summed E-state index contributed by atoms with van der Waals surface area (Å²) in [6.07, 6.45) is 0. The molecule has 0 amide bonds. The number of aryl methyl sites for hydroxylation is 2. The highest BCUT2D eigenvalue weighted by Crippen LogP contribution is 2.33. The van der Waals surface area contributed by atoms with E-state index in [1.807, 2.05) is 44.2 Å². The lowest BCUT2D eigenvalue weighted by atomic mass is 9.99. The van der Waals surface area contributed by atoms with Gasteiger partial charge in [-0.05, 0) is 60.9 Å². The molecule has 0 bridgehead atoms. The van der Waals surface area contributed by atoms with Crippen LogP contribution in [0.25, 0.3) is 11.1 Å². The zero-order valence-electron chi connectivity index (χ0n) is 14.0. The number of anilines is 1. The molecule has 0 aliphatic rings. The molecule has 0 radical (unpaired) electrons. The van der Waals surface area contributed by atoms with Gasteiger partial charge in [-0.1, -0.05) is 48.0 Å². The minimum absolute atomic E-state index is 0.230. The van der Waals surface area contributed by atoms with E-state index < -0.39 is 10.0 Å². The molecule has 0 unspecified atom stereocenters. The fourth-order valence-corrected chi connectivity index (χ4v) is 3.94. The molecular formula is C20H18ClNO2S. The third-order valence-corrected chi connectivity index (χ3v) is 5.95. The first kappa shape index (κ1) is 17.5. The summed E-state index contributed by atoms with van der Waals surface area (Å²) in [6, 6.07) is 19.6. The molecule has 128 valence electrons. The molecule has 0 fully saturated rings. The lowest BCUT2D eigenvalue weighted by Gasteiger charge is -2.14. The molecule has 3 nitrogen and oxygen atoms in total. The van der Waals surface area contributed by atoms with Crippen LogP contribution in [0.3, 0.4) is 0 Å². The summed E-state index contributed by atoms with van der Waals surface area (Å²) in [7, 11) is -3.65. The Hall–Kier alpha value is -2.30. The Balaban J connectivity index is 2.06. The van der Waals surface area contributed by atoms with Gasteiger partial charge in [-0.15, -0.1) is 0 Å². The summed E-state index contributed by atoms with van der Waals surface area (Å²) < 4.78 is 28.0. The van der Waals surface area contributed by atoms with E-state index in [0.29, 0.717) is 5.69 Å². The highest BCUT2D eigenvalue weighted by Gasteiger charge is 2.16. The molecule has 3 rings (SSSR count). The molecule has 0 aliphatic heterocycles. The van der Waals surface area contributed by atoms with Crippen molar-refractivity contribution in [3.05, 3.63) is 82.9 Å². The second kappa shape index (κ2) is 6.90. The van der Waals surface area contributed by atoms with Gasteiger partial charge in [-0.2, -0.15) is 0 Å². The Bertz CT molecular complexity index is 992. The van der Waals surface area contributed by atoms with Crippen LogP contribution in [0.2, 0.25) is 5.02 Å². The van der Waals surface area contributed by atoms with Crippen LogP contribution in [0.4, 0.5) is 5.69 Å². The van der Waals surface area contributed by atoms with E-state index in [-0.39, 0.29) is 4.90 Å². The number of benzene rings is 3. The molecule has 0 aromatic heterocycles. The van der Waals surface area contributed by atoms with Gasteiger partial charge in [-0.25, -0.2) is 8.42 Å². The second-order valence-electron chi connectivity index (χ2n) is 5.89. The maximum atomic E-state index is 12.6. The maximum Gasteiger partial charge on any atom is 0.261 e. The van der Waals surface area contributed by atoms with Crippen molar-refractivity contribution in [1.82, 2.24) is 0 Å². The Kier molecular flexibility index (Phi) is 4.84. The lowest BCUT2D eigenvalue weighted by molar-refractivity contribution is 0.601. The summed E-state index contributed by atoms with van der Waals surface area (Å²) in [4.78, 5) is 0.230. The topological polar surface area (TPSA) is 46.2 Å². The normalized spacial score (nSPS) is 11.3. The van der Waals surface area contributed by atoms with Crippen molar-refractivity contribution in [3.8, 4) is 11.1 Å². The van der Waals surface area contributed by atoms with Gasteiger partial charge < -0.3 is 0 Å². The van der Waals surface area contributed by atoms with Gasteiger partial charge in [0.15, 0.2) is 0 Å². The first-order chi connectivity index (χ1) is 11.9. The molecule has 0 aliphatic carbocycles. The number of rotatable bonds is 4. The minimum Gasteiger partial charge on any atom is -0.279 e. The first-order valence-electron chi connectivity index (χ1n) is 7.82. The lowest BCUT2D eigenvalue weighted by Crippen LogP contribution is -2.13. The summed E-state index contributed by atoms with van der Waals surface area (Å²) in [5, 5.41) is 0.728. The molecule has 5 heteroatoms. The fraction of sp³-hybridized carbons (Fsp3) is 0.100. The van der Waals surface area contributed by atoms with E-state index in [9.17, 15) is 8.42 Å². The van der Waals surface area contributed by atoms with Gasteiger partial charge in [0.05, 0.1) is 10.6 Å². The van der Waals surface area contributed by atoms with Crippen LogP contribution in [-0.4, -0.2) is 8.42 Å². The van der Waals surface area contributed by atoms with Crippen molar-refractivity contribution in [2.75, 3.05) is 4.72 Å². The predicted molar refractivity (Wildman–Crippen MR) is 104 cm³/mol. The molecule has 3 aromatic carbocycles. The van der Waals surface area contributed by atoms with Crippen molar-refractivity contribution >= 4 is 27.3 Å². The fourth-order valence-electron chi connectivity index (χ4n) is 2.73. The van der Waals surface area contributed by atoms with E-state index in [2.05, 4.69) is 4.72 Å². The van der Waals surface area contributed by atoms with Crippen LogP contribution < -0.4 is 4.72 Å². The standard InChI is InChI=1S/C20H18ClNO2S/c1-14-12-16(13-15(2)20(14)21)18-10-6-7-11-19(18)22-25(23,24)17-8-4-3-5-9-17/h3-13,22H,1-2H3. The number of para-hydroxylation sites is 1. The Morgan fingerprint density at radius 3 is 2.04 bits per heavy atom. The van der Waals surface area contributed by atoms with Crippen LogP contribution in [-0.2, 0) is 10.0 Å². The quantitative estimate of drug-likeness (QED) is 0.665. The van der Waals surface area contributed by atoms with Crippen molar-refractivity contribution in [1.29, 1.82) is 0 Å². The highest BCUT2D eigenvalue weighted by atomic mass is 35.5. The van der Waals surface area contributed by atoms with Gasteiger partial charge in [-0.3, -0.25) is 4.72 Å². The molecular weight excluding hydrogens is 354 g/mol. The van der Waals surface area contributed by atoms with E-state index in [1.165, 1.54) is 0 Å². The Labute approximate surface area is 153 Å². The Morgan fingerprint density at radius 2 is 1.40 bits per heavy atom. The number of sulfonamides is 1. The van der Waals surface area contributed by atoms with Gasteiger partial charge >= 0.3 is 0 Å². The summed E-state index contributed by atoms with van der Waals surface area (Å²) >= 11 is 6.25. The summed E-state index contributed by atoms with van der Waals surface area (Å²) in [5.74, 6) is 0. The van der Waals surface area contributed by atoms with E-state index >= 15 is 0 Å². The van der Waals surface area contributed by atoms with E-state index in [1.54, 1.807) is 36.4 Å². The monoisotopic (exact) mass is 371 g/mol. The maximum absolute atomic E-state index is 12.6. The Morgan fingerprint density at radius 1 is 0.840 bits per heavy atom. The van der Waals surface area contributed by atoms with Crippen LogP contribution in [0.15, 0.2) is 71.6 Å². The van der Waals surface area contributed by atoms with Crippen molar-refractivity contribution in [2.45, 2.75) is 18.7 Å². The molecule has 0 saturated carbocycles. The molecule has 0 atom stereocenters.